The van der Waals surface area contributed by atoms with Gasteiger partial charge in [0.05, 0.1) is 5.56 Å². The summed E-state index contributed by atoms with van der Waals surface area (Å²) in [6.07, 6.45) is 1.56. The minimum atomic E-state index is -0.450. The second-order valence-corrected chi connectivity index (χ2v) is 6.76. The van der Waals surface area contributed by atoms with Crippen molar-refractivity contribution < 1.29 is 18.8 Å². The van der Waals surface area contributed by atoms with Crippen LogP contribution in [0.25, 0.3) is 0 Å². The van der Waals surface area contributed by atoms with Crippen LogP contribution in [0.3, 0.4) is 0 Å². The summed E-state index contributed by atoms with van der Waals surface area (Å²) in [5, 5.41) is 0. The van der Waals surface area contributed by atoms with E-state index < -0.39 is 11.8 Å². The molecule has 144 valence electrons. The van der Waals surface area contributed by atoms with Gasteiger partial charge in [0, 0.05) is 51.0 Å². The van der Waals surface area contributed by atoms with Crippen molar-refractivity contribution in [1.29, 1.82) is 0 Å². The molecule has 2 aliphatic rings. The van der Waals surface area contributed by atoms with Gasteiger partial charge in [0.25, 0.3) is 11.8 Å². The van der Waals surface area contributed by atoms with Gasteiger partial charge in [-0.05, 0) is 36.4 Å². The maximum Gasteiger partial charge on any atom is 0.280 e. The molecule has 28 heavy (non-hydrogen) atoms. The number of anilines is 1. The smallest absolute Gasteiger partial charge is 0.280 e. The number of benzene rings is 1. The predicted octanol–water partition coefficient (Wildman–Crippen LogP) is 1.56. The number of imide groups is 1. The molecule has 1 aromatic heterocycles. The highest BCUT2D eigenvalue weighted by molar-refractivity contribution is 6.20. The zero-order valence-electron chi connectivity index (χ0n) is 15.2. The van der Waals surface area contributed by atoms with Gasteiger partial charge in [0.15, 0.2) is 0 Å². The molecule has 0 spiro atoms. The van der Waals surface area contributed by atoms with Gasteiger partial charge in [0.1, 0.15) is 11.5 Å². The summed E-state index contributed by atoms with van der Waals surface area (Å²) in [7, 11) is 0. The number of amides is 3. The highest BCUT2D eigenvalue weighted by atomic mass is 19.1. The number of hydrogen-bond acceptors (Lipinski definition) is 5. The molecule has 0 N–H and O–H groups in total. The first-order chi connectivity index (χ1) is 13.5. The molecule has 2 aliphatic heterocycles. The maximum absolute atomic E-state index is 13.0. The number of carbonyl (C=O) groups excluding carboxylic acids is 3. The van der Waals surface area contributed by atoms with Crippen LogP contribution in [0.4, 0.5) is 10.1 Å². The Morgan fingerprint density at radius 3 is 2.39 bits per heavy atom. The van der Waals surface area contributed by atoms with Crippen LogP contribution in [0.15, 0.2) is 42.6 Å². The molecule has 0 bridgehead atoms. The highest BCUT2D eigenvalue weighted by Crippen LogP contribution is 2.21. The molecule has 0 saturated carbocycles. The summed E-state index contributed by atoms with van der Waals surface area (Å²) in [5.41, 5.74) is 1.35. The van der Waals surface area contributed by atoms with Crippen LogP contribution in [-0.2, 0) is 4.79 Å². The number of carbonyl (C=O) groups is 3. The number of fused-ring (bicyclic) bond motifs is 1. The molecular formula is C20H19FN4O3. The van der Waals surface area contributed by atoms with Gasteiger partial charge in [0.2, 0.25) is 5.91 Å². The monoisotopic (exact) mass is 382 g/mol. The van der Waals surface area contributed by atoms with Gasteiger partial charge in [-0.25, -0.2) is 4.39 Å². The third-order valence-electron chi connectivity index (χ3n) is 5.10. The normalized spacial score (nSPS) is 16.5. The van der Waals surface area contributed by atoms with E-state index in [1.165, 1.54) is 18.3 Å². The largest absolute Gasteiger partial charge is 0.368 e. The van der Waals surface area contributed by atoms with E-state index in [4.69, 9.17) is 0 Å². The van der Waals surface area contributed by atoms with Crippen molar-refractivity contribution in [2.45, 2.75) is 6.42 Å². The Hall–Kier alpha value is -3.29. The lowest BCUT2D eigenvalue weighted by Crippen LogP contribution is -2.49. The zero-order chi connectivity index (χ0) is 19.7. The number of nitrogens with zero attached hydrogens (tertiary/aromatic N) is 4. The first-order valence-corrected chi connectivity index (χ1v) is 9.14. The lowest BCUT2D eigenvalue weighted by atomic mass is 10.2. The van der Waals surface area contributed by atoms with Crippen LogP contribution in [0.1, 0.15) is 27.3 Å². The van der Waals surface area contributed by atoms with Crippen LogP contribution in [0.2, 0.25) is 0 Å². The lowest BCUT2D eigenvalue weighted by molar-refractivity contribution is -0.131. The Bertz CT molecular complexity index is 888. The van der Waals surface area contributed by atoms with Crippen LogP contribution in [0.5, 0.6) is 0 Å². The number of hydrogen-bond donors (Lipinski definition) is 0. The van der Waals surface area contributed by atoms with Gasteiger partial charge in [-0.3, -0.25) is 24.3 Å². The molecule has 1 aromatic carbocycles. The summed E-state index contributed by atoms with van der Waals surface area (Å²) in [6, 6.07) is 9.47. The lowest BCUT2D eigenvalue weighted by Gasteiger charge is -2.36. The van der Waals surface area contributed by atoms with Crippen LogP contribution >= 0.6 is 0 Å². The van der Waals surface area contributed by atoms with E-state index in [1.807, 2.05) is 0 Å². The second-order valence-electron chi connectivity index (χ2n) is 6.76. The Kier molecular flexibility index (Phi) is 4.77. The quantitative estimate of drug-likeness (QED) is 0.751. The average Bonchev–Trinajstić information content (AvgIpc) is 2.97. The molecule has 8 heteroatoms. The third-order valence-corrected chi connectivity index (χ3v) is 5.10. The molecular weight excluding hydrogens is 363 g/mol. The van der Waals surface area contributed by atoms with Crippen LogP contribution in [0, 0.1) is 5.82 Å². The zero-order valence-corrected chi connectivity index (χ0v) is 15.2. The predicted molar refractivity (Wildman–Crippen MR) is 99.4 cm³/mol. The molecule has 0 aliphatic carbocycles. The number of halogens is 1. The van der Waals surface area contributed by atoms with E-state index in [-0.39, 0.29) is 35.9 Å². The Balaban J connectivity index is 1.30. The Labute approximate surface area is 161 Å². The van der Waals surface area contributed by atoms with Gasteiger partial charge in [-0.15, -0.1) is 0 Å². The number of rotatable bonds is 4. The fraction of sp³-hybridized carbons (Fsp3) is 0.300. The van der Waals surface area contributed by atoms with Crippen molar-refractivity contribution >= 4 is 23.4 Å². The van der Waals surface area contributed by atoms with E-state index in [0.717, 1.165) is 10.6 Å². The van der Waals surface area contributed by atoms with Crippen molar-refractivity contribution in [3.05, 3.63) is 59.7 Å². The summed E-state index contributed by atoms with van der Waals surface area (Å²) >= 11 is 0. The van der Waals surface area contributed by atoms with E-state index in [1.54, 1.807) is 29.2 Å². The van der Waals surface area contributed by atoms with Crippen molar-refractivity contribution in [3.8, 4) is 0 Å². The van der Waals surface area contributed by atoms with Gasteiger partial charge < -0.3 is 9.80 Å². The topological polar surface area (TPSA) is 73.8 Å². The van der Waals surface area contributed by atoms with Crippen LogP contribution < -0.4 is 4.90 Å². The van der Waals surface area contributed by atoms with Gasteiger partial charge >= 0.3 is 0 Å². The van der Waals surface area contributed by atoms with Crippen molar-refractivity contribution in [1.82, 2.24) is 14.8 Å². The van der Waals surface area contributed by atoms with Crippen LogP contribution in [-0.4, -0.2) is 65.2 Å². The molecule has 7 nitrogen and oxygen atoms in total. The number of aromatic nitrogens is 1. The molecule has 2 aromatic rings. The minimum absolute atomic E-state index is 0.0467. The summed E-state index contributed by atoms with van der Waals surface area (Å²) in [4.78, 5) is 46.0. The van der Waals surface area contributed by atoms with Gasteiger partial charge in [-0.2, -0.15) is 0 Å². The molecule has 1 saturated heterocycles. The third kappa shape index (κ3) is 3.33. The Morgan fingerprint density at radius 1 is 1.00 bits per heavy atom. The van der Waals surface area contributed by atoms with E-state index in [2.05, 4.69) is 9.88 Å². The number of piperazine rings is 1. The first-order valence-electron chi connectivity index (χ1n) is 9.14. The number of pyridine rings is 1. The van der Waals surface area contributed by atoms with Crippen molar-refractivity contribution in [3.63, 3.8) is 0 Å². The SMILES string of the molecule is O=C(CCN1C(=O)c2cccnc2C1=O)N1CCN(c2ccc(F)cc2)CC1. The summed E-state index contributed by atoms with van der Waals surface area (Å²) in [5.74, 6) is -1.22. The second kappa shape index (κ2) is 7.38. The molecule has 4 rings (SSSR count). The summed E-state index contributed by atoms with van der Waals surface area (Å²) < 4.78 is 13.0. The fourth-order valence-electron chi connectivity index (χ4n) is 3.55. The molecule has 0 radical (unpaired) electrons. The van der Waals surface area contributed by atoms with E-state index >= 15 is 0 Å². The standard InChI is InChI=1S/C20H19FN4O3/c21-14-3-5-15(6-4-14)23-10-12-24(13-11-23)17(26)7-9-25-19(27)16-2-1-8-22-18(16)20(25)28/h1-6,8H,7,9-13H2. The van der Waals surface area contributed by atoms with Crippen molar-refractivity contribution in [2.24, 2.45) is 0 Å². The molecule has 3 amide bonds. The first kappa shape index (κ1) is 18.1. The van der Waals surface area contributed by atoms with Gasteiger partial charge in [-0.1, -0.05) is 0 Å². The molecule has 0 unspecified atom stereocenters. The molecule has 3 heterocycles. The average molecular weight is 382 g/mol. The van der Waals surface area contributed by atoms with Crippen molar-refractivity contribution in [2.75, 3.05) is 37.6 Å². The summed E-state index contributed by atoms with van der Waals surface area (Å²) in [6.45, 7) is 2.42. The highest BCUT2D eigenvalue weighted by Gasteiger charge is 2.36. The van der Waals surface area contributed by atoms with E-state index in [9.17, 15) is 18.8 Å². The maximum atomic E-state index is 13.0. The fourth-order valence-corrected chi connectivity index (χ4v) is 3.55. The molecule has 1 fully saturated rings. The minimum Gasteiger partial charge on any atom is -0.368 e. The molecule has 0 atom stereocenters. The Morgan fingerprint density at radius 2 is 1.71 bits per heavy atom. The van der Waals surface area contributed by atoms with E-state index in [0.29, 0.717) is 26.2 Å².